The summed E-state index contributed by atoms with van der Waals surface area (Å²) in [4.78, 5) is 24.6. The molecule has 0 saturated heterocycles. The van der Waals surface area contributed by atoms with Crippen LogP contribution >= 0.6 is 12.4 Å². The molecule has 0 fully saturated rings. The molecule has 140 valence electrons. The van der Waals surface area contributed by atoms with Crippen LogP contribution in [-0.4, -0.2) is 31.6 Å². The topological polar surface area (TPSA) is 93.4 Å². The Morgan fingerprint density at radius 3 is 2.38 bits per heavy atom. The first-order valence-electron chi connectivity index (χ1n) is 8.04. The second-order valence-corrected chi connectivity index (χ2v) is 5.64. The van der Waals surface area contributed by atoms with Gasteiger partial charge in [-0.2, -0.15) is 0 Å². The van der Waals surface area contributed by atoms with Crippen LogP contribution in [0.25, 0.3) is 0 Å². The van der Waals surface area contributed by atoms with Gasteiger partial charge in [0.2, 0.25) is 5.91 Å². The third kappa shape index (κ3) is 5.84. The number of carbonyl (C=O) groups is 2. The van der Waals surface area contributed by atoms with E-state index in [9.17, 15) is 9.59 Å². The van der Waals surface area contributed by atoms with Gasteiger partial charge in [-0.15, -0.1) is 12.4 Å². The number of ether oxygens (including phenoxy) is 1. The van der Waals surface area contributed by atoms with Crippen molar-refractivity contribution >= 4 is 35.6 Å². The number of rotatable bonds is 7. The summed E-state index contributed by atoms with van der Waals surface area (Å²) in [5.74, 6) is -0.433. The van der Waals surface area contributed by atoms with Crippen molar-refractivity contribution in [3.63, 3.8) is 0 Å². The number of hydrogen-bond acceptors (Lipinski definition) is 4. The molecule has 6 nitrogen and oxygen atoms in total. The van der Waals surface area contributed by atoms with Crippen LogP contribution in [0.5, 0.6) is 0 Å². The Balaban J connectivity index is 0.00000338. The van der Waals surface area contributed by atoms with E-state index in [0.29, 0.717) is 22.5 Å². The van der Waals surface area contributed by atoms with Gasteiger partial charge >= 0.3 is 0 Å². The highest BCUT2D eigenvalue weighted by atomic mass is 35.5. The summed E-state index contributed by atoms with van der Waals surface area (Å²) in [5.41, 5.74) is 8.05. The fraction of sp³-hybridized carbons (Fsp3) is 0.263. The van der Waals surface area contributed by atoms with Gasteiger partial charge in [0.15, 0.2) is 0 Å². The zero-order valence-corrected chi connectivity index (χ0v) is 15.6. The van der Waals surface area contributed by atoms with Gasteiger partial charge in [-0.25, -0.2) is 0 Å². The molecule has 26 heavy (non-hydrogen) atoms. The van der Waals surface area contributed by atoms with Crippen molar-refractivity contribution in [3.8, 4) is 0 Å². The Morgan fingerprint density at radius 2 is 1.77 bits per heavy atom. The van der Waals surface area contributed by atoms with Gasteiger partial charge in [0.1, 0.15) is 0 Å². The van der Waals surface area contributed by atoms with Crippen molar-refractivity contribution in [1.82, 2.24) is 0 Å². The van der Waals surface area contributed by atoms with E-state index in [1.807, 2.05) is 30.3 Å². The fourth-order valence-corrected chi connectivity index (χ4v) is 2.41. The van der Waals surface area contributed by atoms with Crippen LogP contribution in [0.2, 0.25) is 0 Å². The van der Waals surface area contributed by atoms with Gasteiger partial charge in [-0.05, 0) is 36.8 Å². The van der Waals surface area contributed by atoms with Crippen molar-refractivity contribution in [2.45, 2.75) is 19.4 Å². The molecule has 2 amide bonds. The zero-order valence-electron chi connectivity index (χ0n) is 14.8. The van der Waals surface area contributed by atoms with Crippen LogP contribution in [0, 0.1) is 6.92 Å². The Labute approximate surface area is 159 Å². The molecule has 2 aromatic carbocycles. The summed E-state index contributed by atoms with van der Waals surface area (Å²) in [6.45, 7) is 2.06. The lowest BCUT2D eigenvalue weighted by atomic mass is 10.1. The maximum Gasteiger partial charge on any atom is 0.256 e. The van der Waals surface area contributed by atoms with Crippen LogP contribution in [0.3, 0.4) is 0 Å². The maximum atomic E-state index is 12.5. The molecule has 0 aromatic heterocycles. The van der Waals surface area contributed by atoms with Gasteiger partial charge in [-0.3, -0.25) is 9.59 Å². The molecule has 0 heterocycles. The second kappa shape index (κ2) is 10.6. The Bertz CT molecular complexity index is 734. The third-order valence-electron chi connectivity index (χ3n) is 3.89. The minimum Gasteiger partial charge on any atom is -0.380 e. The molecule has 0 saturated carbocycles. The van der Waals surface area contributed by atoms with E-state index in [1.165, 1.54) is 7.11 Å². The molecule has 0 spiro atoms. The van der Waals surface area contributed by atoms with Crippen LogP contribution in [0.1, 0.15) is 22.3 Å². The molecule has 0 aliphatic carbocycles. The van der Waals surface area contributed by atoms with E-state index < -0.39 is 0 Å². The molecule has 2 aromatic rings. The van der Waals surface area contributed by atoms with Crippen molar-refractivity contribution in [2.24, 2.45) is 5.73 Å². The Kier molecular flexibility index (Phi) is 8.78. The molecule has 0 aliphatic heterocycles. The Hall–Kier alpha value is -2.41. The lowest BCUT2D eigenvalue weighted by molar-refractivity contribution is -0.118. The fourth-order valence-electron chi connectivity index (χ4n) is 2.41. The summed E-state index contributed by atoms with van der Waals surface area (Å²) in [7, 11) is 1.52. The number of anilines is 2. The number of amides is 2. The minimum absolute atomic E-state index is 0. The summed E-state index contributed by atoms with van der Waals surface area (Å²) < 4.78 is 5.12. The molecular weight excluding hydrogens is 354 g/mol. The van der Waals surface area contributed by atoms with Gasteiger partial charge in [0.05, 0.1) is 12.5 Å². The SMILES string of the molecule is COC(CN)CC(=O)Nc1cccc(C(=O)Nc2ccccc2)c1C.Cl. The normalized spacial score (nSPS) is 11.2. The highest BCUT2D eigenvalue weighted by molar-refractivity contribution is 6.06. The third-order valence-corrected chi connectivity index (χ3v) is 3.89. The van der Waals surface area contributed by atoms with Crippen LogP contribution in [0.4, 0.5) is 11.4 Å². The van der Waals surface area contributed by atoms with Crippen molar-refractivity contribution in [3.05, 3.63) is 59.7 Å². The van der Waals surface area contributed by atoms with Gasteiger partial charge in [0, 0.05) is 30.6 Å². The highest BCUT2D eigenvalue weighted by Gasteiger charge is 2.15. The first-order valence-corrected chi connectivity index (χ1v) is 8.04. The lowest BCUT2D eigenvalue weighted by Crippen LogP contribution is -2.28. The molecule has 0 aliphatic rings. The minimum atomic E-state index is -0.329. The molecule has 1 unspecified atom stereocenters. The standard InChI is InChI=1S/C19H23N3O3.ClH/c1-13-16(19(24)21-14-7-4-3-5-8-14)9-6-10-17(13)22-18(23)11-15(12-20)25-2;/h3-10,15H,11-12,20H2,1-2H3,(H,21,24)(H,22,23);1H. The summed E-state index contributed by atoms with van der Waals surface area (Å²) in [5, 5.41) is 5.66. The number of carbonyl (C=O) groups excluding carboxylic acids is 2. The van der Waals surface area contributed by atoms with Crippen molar-refractivity contribution in [2.75, 3.05) is 24.3 Å². The summed E-state index contributed by atoms with van der Waals surface area (Å²) in [6.07, 6.45) is -0.169. The monoisotopic (exact) mass is 377 g/mol. The number of nitrogens with one attached hydrogen (secondary N) is 2. The van der Waals surface area contributed by atoms with Gasteiger partial charge in [-0.1, -0.05) is 24.3 Å². The molecule has 0 bridgehead atoms. The number of para-hydroxylation sites is 1. The summed E-state index contributed by atoms with van der Waals surface area (Å²) in [6, 6.07) is 14.4. The predicted molar refractivity (Wildman–Crippen MR) is 106 cm³/mol. The smallest absolute Gasteiger partial charge is 0.256 e. The number of benzene rings is 2. The van der Waals surface area contributed by atoms with Crippen molar-refractivity contribution < 1.29 is 14.3 Å². The van der Waals surface area contributed by atoms with Crippen LogP contribution < -0.4 is 16.4 Å². The van der Waals surface area contributed by atoms with Gasteiger partial charge in [0.25, 0.3) is 5.91 Å². The highest BCUT2D eigenvalue weighted by Crippen LogP contribution is 2.20. The number of hydrogen-bond donors (Lipinski definition) is 3. The molecule has 4 N–H and O–H groups in total. The second-order valence-electron chi connectivity index (χ2n) is 5.64. The van der Waals surface area contributed by atoms with Crippen LogP contribution in [0.15, 0.2) is 48.5 Å². The largest absolute Gasteiger partial charge is 0.380 e. The van der Waals surface area contributed by atoms with E-state index in [4.69, 9.17) is 10.5 Å². The van der Waals surface area contributed by atoms with E-state index in [0.717, 1.165) is 0 Å². The molecule has 1 atom stereocenters. The summed E-state index contributed by atoms with van der Waals surface area (Å²) >= 11 is 0. The van der Waals surface area contributed by atoms with Gasteiger partial charge < -0.3 is 21.1 Å². The predicted octanol–water partition coefficient (Wildman–Crippen LogP) is 2.97. The van der Waals surface area contributed by atoms with E-state index in [2.05, 4.69) is 10.6 Å². The average molecular weight is 378 g/mol. The van der Waals surface area contributed by atoms with E-state index in [1.54, 1.807) is 25.1 Å². The zero-order chi connectivity index (χ0) is 18.2. The maximum absolute atomic E-state index is 12.5. The van der Waals surface area contributed by atoms with E-state index in [-0.39, 0.29) is 43.3 Å². The first-order chi connectivity index (χ1) is 12.0. The first kappa shape index (κ1) is 21.6. The average Bonchev–Trinajstić information content (AvgIpc) is 2.62. The molecule has 7 heteroatoms. The number of methoxy groups -OCH3 is 1. The number of halogens is 1. The van der Waals surface area contributed by atoms with Crippen LogP contribution in [-0.2, 0) is 9.53 Å². The molecule has 0 radical (unpaired) electrons. The van der Waals surface area contributed by atoms with E-state index >= 15 is 0 Å². The number of nitrogens with two attached hydrogens (primary N) is 1. The molecular formula is C19H24ClN3O3. The lowest BCUT2D eigenvalue weighted by Gasteiger charge is -2.15. The Morgan fingerprint density at radius 1 is 1.08 bits per heavy atom. The molecule has 2 rings (SSSR count). The van der Waals surface area contributed by atoms with Crippen molar-refractivity contribution in [1.29, 1.82) is 0 Å². The quantitative estimate of drug-likeness (QED) is 0.691.